The van der Waals surface area contributed by atoms with Crippen molar-refractivity contribution in [2.45, 2.75) is 6.54 Å². The van der Waals surface area contributed by atoms with Crippen molar-refractivity contribution in [2.24, 2.45) is 0 Å². The molecule has 2 heterocycles. The summed E-state index contributed by atoms with van der Waals surface area (Å²) in [5, 5.41) is 17.6. The SMILES string of the molecule is O=c1n(CCCl)nnc2c([N+](=O)[O-])ncn12. The normalized spacial score (nSPS) is 10.8. The van der Waals surface area contributed by atoms with E-state index in [4.69, 9.17) is 11.6 Å². The van der Waals surface area contributed by atoms with Crippen molar-refractivity contribution in [1.82, 2.24) is 24.4 Å². The summed E-state index contributed by atoms with van der Waals surface area (Å²) in [6.07, 6.45) is 1.04. The van der Waals surface area contributed by atoms with E-state index in [-0.39, 0.29) is 18.1 Å². The number of halogens is 1. The van der Waals surface area contributed by atoms with Crippen molar-refractivity contribution in [3.63, 3.8) is 0 Å². The maximum absolute atomic E-state index is 11.7. The molecule has 0 aromatic carbocycles. The zero-order valence-electron chi connectivity index (χ0n) is 7.78. The second kappa shape index (κ2) is 3.85. The molecule has 0 N–H and O–H groups in total. The number of aryl methyl sites for hydroxylation is 1. The van der Waals surface area contributed by atoms with Gasteiger partial charge in [0.1, 0.15) is 0 Å². The number of fused-ring (bicyclic) bond motifs is 1. The number of alkyl halides is 1. The van der Waals surface area contributed by atoms with Gasteiger partial charge in [-0.05, 0) is 9.91 Å². The summed E-state index contributed by atoms with van der Waals surface area (Å²) in [5.74, 6) is -0.306. The number of rotatable bonds is 3. The van der Waals surface area contributed by atoms with Gasteiger partial charge in [-0.25, -0.2) is 9.20 Å². The minimum atomic E-state index is -0.727. The van der Waals surface area contributed by atoms with Gasteiger partial charge in [0, 0.05) is 5.88 Å². The van der Waals surface area contributed by atoms with Crippen LogP contribution in [0.2, 0.25) is 0 Å². The molecule has 0 saturated heterocycles. The average molecular weight is 245 g/mol. The number of imidazole rings is 1. The highest BCUT2D eigenvalue weighted by Crippen LogP contribution is 2.11. The minimum absolute atomic E-state index is 0.176. The van der Waals surface area contributed by atoms with Gasteiger partial charge in [0.15, 0.2) is 0 Å². The summed E-state index contributed by atoms with van der Waals surface area (Å²) in [6.45, 7) is 0.176. The Morgan fingerprint density at radius 3 is 2.94 bits per heavy atom. The van der Waals surface area contributed by atoms with Crippen molar-refractivity contribution in [1.29, 1.82) is 0 Å². The fourth-order valence-electron chi connectivity index (χ4n) is 1.17. The van der Waals surface area contributed by atoms with Gasteiger partial charge in [-0.15, -0.1) is 16.7 Å². The molecule has 0 atom stereocenters. The summed E-state index contributed by atoms with van der Waals surface area (Å²) in [4.78, 5) is 24.9. The number of nitro groups is 1. The van der Waals surface area contributed by atoms with Gasteiger partial charge in [-0.1, -0.05) is 5.21 Å². The van der Waals surface area contributed by atoms with Crippen LogP contribution >= 0.6 is 11.6 Å². The van der Waals surface area contributed by atoms with Crippen molar-refractivity contribution >= 4 is 23.1 Å². The average Bonchev–Trinajstić information content (AvgIpc) is 2.67. The highest BCUT2D eigenvalue weighted by Gasteiger charge is 2.20. The van der Waals surface area contributed by atoms with Crippen LogP contribution in [-0.4, -0.2) is 35.2 Å². The van der Waals surface area contributed by atoms with E-state index in [1.807, 2.05) is 0 Å². The fraction of sp³-hybridized carbons (Fsp3) is 0.333. The van der Waals surface area contributed by atoms with Crippen LogP contribution in [0.25, 0.3) is 5.65 Å². The maximum Gasteiger partial charge on any atom is 0.411 e. The third kappa shape index (κ3) is 1.50. The van der Waals surface area contributed by atoms with Crippen molar-refractivity contribution in [3.8, 4) is 0 Å². The minimum Gasteiger partial charge on any atom is -0.358 e. The molecule has 0 saturated carbocycles. The second-order valence-electron chi connectivity index (χ2n) is 2.80. The lowest BCUT2D eigenvalue weighted by molar-refractivity contribution is -0.387. The topological polar surface area (TPSA) is 108 Å². The first kappa shape index (κ1) is 10.5. The molecule has 0 aliphatic heterocycles. The number of aromatic nitrogens is 5. The first-order valence-electron chi connectivity index (χ1n) is 4.16. The summed E-state index contributed by atoms with van der Waals surface area (Å²) >= 11 is 5.45. The molecule has 84 valence electrons. The molecule has 10 heteroatoms. The van der Waals surface area contributed by atoms with Gasteiger partial charge in [0.25, 0.3) is 5.65 Å². The van der Waals surface area contributed by atoms with Crippen LogP contribution in [0.1, 0.15) is 0 Å². The highest BCUT2D eigenvalue weighted by atomic mass is 35.5. The Labute approximate surface area is 92.4 Å². The molecule has 0 fully saturated rings. The Balaban J connectivity index is 2.69. The molecule has 2 aromatic heterocycles. The molecule has 0 aliphatic carbocycles. The van der Waals surface area contributed by atoms with E-state index in [0.717, 1.165) is 15.4 Å². The zero-order valence-corrected chi connectivity index (χ0v) is 8.53. The highest BCUT2D eigenvalue weighted by molar-refractivity contribution is 6.17. The van der Waals surface area contributed by atoms with E-state index in [1.165, 1.54) is 0 Å². The monoisotopic (exact) mass is 244 g/mol. The van der Waals surface area contributed by atoms with E-state index in [2.05, 4.69) is 15.3 Å². The summed E-state index contributed by atoms with van der Waals surface area (Å²) in [6, 6.07) is 0. The molecule has 0 bridgehead atoms. The van der Waals surface area contributed by atoms with Crippen LogP contribution in [0.5, 0.6) is 0 Å². The number of nitrogens with zero attached hydrogens (tertiary/aromatic N) is 6. The largest absolute Gasteiger partial charge is 0.411 e. The third-order valence-corrected chi connectivity index (χ3v) is 2.04. The van der Waals surface area contributed by atoms with Gasteiger partial charge in [-0.2, -0.15) is 4.68 Å². The first-order chi connectivity index (χ1) is 7.65. The van der Waals surface area contributed by atoms with E-state index in [0.29, 0.717) is 0 Å². The van der Waals surface area contributed by atoms with Crippen molar-refractivity contribution in [2.75, 3.05) is 5.88 Å². The Bertz CT molecular complexity index is 604. The van der Waals surface area contributed by atoms with Gasteiger partial charge in [0.05, 0.1) is 6.54 Å². The standard InChI is InChI=1S/C6H5ClN6O3/c7-1-2-12-6(14)11-3-8-4(13(15)16)5(11)9-10-12/h3H,1-2H2. The quantitative estimate of drug-likeness (QED) is 0.406. The van der Waals surface area contributed by atoms with Gasteiger partial charge >= 0.3 is 11.5 Å². The summed E-state index contributed by atoms with van der Waals surface area (Å²) in [5.41, 5.74) is -0.743. The molecular formula is C6H5ClN6O3. The molecule has 2 aromatic rings. The van der Waals surface area contributed by atoms with Crippen LogP contribution in [0.4, 0.5) is 5.82 Å². The second-order valence-corrected chi connectivity index (χ2v) is 3.18. The van der Waals surface area contributed by atoms with E-state index >= 15 is 0 Å². The maximum atomic E-state index is 11.7. The van der Waals surface area contributed by atoms with Gasteiger partial charge in [-0.3, -0.25) is 0 Å². The molecule has 0 radical (unpaired) electrons. The molecule has 0 unspecified atom stereocenters. The molecule has 16 heavy (non-hydrogen) atoms. The van der Waals surface area contributed by atoms with Crippen molar-refractivity contribution in [3.05, 3.63) is 26.9 Å². The zero-order chi connectivity index (χ0) is 11.7. The van der Waals surface area contributed by atoms with E-state index in [1.54, 1.807) is 0 Å². The Morgan fingerprint density at radius 2 is 2.31 bits per heavy atom. The predicted molar refractivity (Wildman–Crippen MR) is 52.4 cm³/mol. The van der Waals surface area contributed by atoms with Crippen LogP contribution in [0.3, 0.4) is 0 Å². The molecule has 9 nitrogen and oxygen atoms in total. The lowest BCUT2D eigenvalue weighted by Crippen LogP contribution is -2.30. The van der Waals surface area contributed by atoms with E-state index in [9.17, 15) is 14.9 Å². The van der Waals surface area contributed by atoms with Crippen LogP contribution in [-0.2, 0) is 6.54 Å². The molecule has 0 spiro atoms. The molecule has 2 rings (SSSR count). The Kier molecular flexibility index (Phi) is 2.52. The van der Waals surface area contributed by atoms with Crippen molar-refractivity contribution < 1.29 is 4.92 Å². The Morgan fingerprint density at radius 1 is 1.56 bits per heavy atom. The fourth-order valence-corrected chi connectivity index (χ4v) is 1.33. The van der Waals surface area contributed by atoms with E-state index < -0.39 is 16.4 Å². The lowest BCUT2D eigenvalue weighted by atomic mass is 10.7. The predicted octanol–water partition coefficient (Wildman–Crippen LogP) is -0.567. The summed E-state index contributed by atoms with van der Waals surface area (Å²) in [7, 11) is 0. The smallest absolute Gasteiger partial charge is 0.358 e. The molecule has 0 amide bonds. The first-order valence-corrected chi connectivity index (χ1v) is 4.70. The number of hydrogen-bond acceptors (Lipinski definition) is 6. The third-order valence-electron chi connectivity index (χ3n) is 1.87. The van der Waals surface area contributed by atoms with Crippen LogP contribution < -0.4 is 5.69 Å². The number of hydrogen-bond donors (Lipinski definition) is 0. The lowest BCUT2D eigenvalue weighted by Gasteiger charge is -1.98. The Hall–Kier alpha value is -2.03. The van der Waals surface area contributed by atoms with Crippen LogP contribution in [0, 0.1) is 10.1 Å². The van der Waals surface area contributed by atoms with Gasteiger partial charge < -0.3 is 10.1 Å². The molecular weight excluding hydrogens is 240 g/mol. The van der Waals surface area contributed by atoms with Gasteiger partial charge in [0.2, 0.25) is 6.33 Å². The summed E-state index contributed by atoms with van der Waals surface area (Å²) < 4.78 is 1.96. The molecule has 0 aliphatic rings. The van der Waals surface area contributed by atoms with Crippen LogP contribution in [0.15, 0.2) is 11.1 Å².